The van der Waals surface area contributed by atoms with E-state index < -0.39 is 41.9 Å². The fraction of sp³-hybridized carbons (Fsp3) is 1.00. The molecular weight excluding hydrogens is 200 g/mol. The predicted molar refractivity (Wildman–Crippen MR) is 53.0 cm³/mol. The van der Waals surface area contributed by atoms with Crippen molar-refractivity contribution in [2.45, 2.75) is 44.7 Å². The molecule has 0 bridgehead atoms. The summed E-state index contributed by atoms with van der Waals surface area (Å²) in [6.07, 6.45) is -3.80. The van der Waals surface area contributed by atoms with Crippen molar-refractivity contribution in [2.24, 2.45) is 11.3 Å². The van der Waals surface area contributed by atoms with E-state index in [0.29, 0.717) is 0 Å². The summed E-state index contributed by atoms with van der Waals surface area (Å²) in [4.78, 5) is 0. The Hall–Kier alpha value is -0.200. The summed E-state index contributed by atoms with van der Waals surface area (Å²) >= 11 is 0. The average Bonchev–Trinajstić information content (AvgIpc) is 2.14. The van der Waals surface area contributed by atoms with E-state index in [0.717, 1.165) is 0 Å². The Bertz CT molecular complexity index is 236. The first-order valence-corrected chi connectivity index (χ1v) is 5.04. The van der Waals surface area contributed by atoms with Crippen LogP contribution >= 0.6 is 0 Å². The summed E-state index contributed by atoms with van der Waals surface area (Å²) in [6.45, 7) is 4.66. The van der Waals surface area contributed by atoms with Crippen molar-refractivity contribution >= 4 is 0 Å². The molecule has 1 fully saturated rings. The van der Waals surface area contributed by atoms with Crippen LogP contribution in [-0.4, -0.2) is 56.1 Å². The SMILES string of the molecule is CC(C)(C)[C@H](O)C1(O)C(O)[C@H](O)C1CO. The van der Waals surface area contributed by atoms with Gasteiger partial charge in [-0.05, 0) is 5.41 Å². The van der Waals surface area contributed by atoms with Gasteiger partial charge < -0.3 is 25.5 Å². The monoisotopic (exact) mass is 220 g/mol. The molecular formula is C10H20O5. The lowest BCUT2D eigenvalue weighted by atomic mass is 9.58. The van der Waals surface area contributed by atoms with E-state index in [1.54, 1.807) is 20.8 Å². The van der Waals surface area contributed by atoms with Crippen LogP contribution in [0.15, 0.2) is 0 Å². The number of rotatable bonds is 2. The third kappa shape index (κ3) is 1.68. The minimum Gasteiger partial charge on any atom is -0.396 e. The van der Waals surface area contributed by atoms with Gasteiger partial charge in [-0.1, -0.05) is 20.8 Å². The number of aliphatic hydroxyl groups is 5. The van der Waals surface area contributed by atoms with Gasteiger partial charge in [-0.2, -0.15) is 0 Å². The van der Waals surface area contributed by atoms with Crippen LogP contribution in [0, 0.1) is 11.3 Å². The topological polar surface area (TPSA) is 101 Å². The molecule has 0 spiro atoms. The summed E-state index contributed by atoms with van der Waals surface area (Å²) in [5, 5.41) is 47.8. The molecule has 0 heterocycles. The Kier molecular flexibility index (Phi) is 3.15. The second kappa shape index (κ2) is 3.68. The molecule has 5 nitrogen and oxygen atoms in total. The largest absolute Gasteiger partial charge is 0.396 e. The van der Waals surface area contributed by atoms with Crippen LogP contribution in [0.1, 0.15) is 20.8 Å². The third-order valence-corrected chi connectivity index (χ3v) is 3.26. The van der Waals surface area contributed by atoms with Gasteiger partial charge in [-0.15, -0.1) is 0 Å². The van der Waals surface area contributed by atoms with Crippen molar-refractivity contribution in [3.8, 4) is 0 Å². The molecule has 5 N–H and O–H groups in total. The molecule has 1 aliphatic carbocycles. The molecule has 0 saturated heterocycles. The first-order chi connectivity index (χ1) is 6.67. The molecule has 0 aromatic rings. The van der Waals surface area contributed by atoms with E-state index in [2.05, 4.69) is 0 Å². The molecule has 0 radical (unpaired) electrons. The van der Waals surface area contributed by atoms with Crippen molar-refractivity contribution in [1.82, 2.24) is 0 Å². The van der Waals surface area contributed by atoms with Crippen molar-refractivity contribution in [1.29, 1.82) is 0 Å². The van der Waals surface area contributed by atoms with E-state index in [4.69, 9.17) is 5.11 Å². The van der Waals surface area contributed by atoms with Crippen molar-refractivity contribution < 1.29 is 25.5 Å². The maximum absolute atomic E-state index is 10.1. The fourth-order valence-electron chi connectivity index (χ4n) is 2.18. The van der Waals surface area contributed by atoms with E-state index in [9.17, 15) is 20.4 Å². The quantitative estimate of drug-likeness (QED) is 0.388. The highest BCUT2D eigenvalue weighted by molar-refractivity contribution is 5.15. The van der Waals surface area contributed by atoms with Crippen LogP contribution in [0.2, 0.25) is 0 Å². The molecule has 3 unspecified atom stereocenters. The zero-order chi connectivity index (χ0) is 12.0. The number of hydrogen-bond acceptors (Lipinski definition) is 5. The van der Waals surface area contributed by atoms with E-state index in [1.165, 1.54) is 0 Å². The standard InChI is InChI=1S/C10H20O5/c1-9(2,3)8(14)10(15)5(4-11)6(12)7(10)13/h5-8,11-15H,4H2,1-3H3/t5?,6-,7?,8+,10?/m1/s1. The van der Waals surface area contributed by atoms with Crippen LogP contribution in [-0.2, 0) is 0 Å². The van der Waals surface area contributed by atoms with E-state index >= 15 is 0 Å². The van der Waals surface area contributed by atoms with Gasteiger partial charge in [0, 0.05) is 5.92 Å². The lowest BCUT2D eigenvalue weighted by Gasteiger charge is -2.57. The minimum absolute atomic E-state index is 0.470. The highest BCUT2D eigenvalue weighted by Gasteiger charge is 2.65. The van der Waals surface area contributed by atoms with Crippen LogP contribution in [0.5, 0.6) is 0 Å². The van der Waals surface area contributed by atoms with Crippen molar-refractivity contribution in [2.75, 3.05) is 6.61 Å². The highest BCUT2D eigenvalue weighted by atomic mass is 16.4. The van der Waals surface area contributed by atoms with Crippen LogP contribution in [0.25, 0.3) is 0 Å². The lowest BCUT2D eigenvalue weighted by molar-refractivity contribution is -0.314. The van der Waals surface area contributed by atoms with E-state index in [-0.39, 0.29) is 0 Å². The minimum atomic E-state index is -1.83. The molecule has 1 rings (SSSR count). The molecule has 0 aliphatic heterocycles. The zero-order valence-electron chi connectivity index (χ0n) is 9.25. The van der Waals surface area contributed by atoms with Gasteiger partial charge in [0.2, 0.25) is 0 Å². The summed E-state index contributed by atoms with van der Waals surface area (Å²) < 4.78 is 0. The summed E-state index contributed by atoms with van der Waals surface area (Å²) in [5.74, 6) is -0.901. The summed E-state index contributed by atoms with van der Waals surface area (Å²) in [6, 6.07) is 0. The molecule has 1 aliphatic rings. The fourth-order valence-corrected chi connectivity index (χ4v) is 2.18. The normalized spacial score (nSPS) is 43.6. The van der Waals surface area contributed by atoms with Crippen LogP contribution in [0.4, 0.5) is 0 Å². The molecule has 0 aromatic carbocycles. The molecule has 0 aromatic heterocycles. The van der Waals surface area contributed by atoms with Crippen LogP contribution < -0.4 is 0 Å². The second-order valence-corrected chi connectivity index (χ2v) is 5.38. The van der Waals surface area contributed by atoms with E-state index in [1.807, 2.05) is 0 Å². The number of aliphatic hydroxyl groups excluding tert-OH is 4. The van der Waals surface area contributed by atoms with Gasteiger partial charge in [0.05, 0.1) is 18.8 Å². The van der Waals surface area contributed by atoms with Crippen molar-refractivity contribution in [3.05, 3.63) is 0 Å². The number of hydrogen-bond donors (Lipinski definition) is 5. The molecule has 1 saturated carbocycles. The van der Waals surface area contributed by atoms with Gasteiger partial charge in [-0.3, -0.25) is 0 Å². The summed E-state index contributed by atoms with van der Waals surface area (Å²) in [7, 11) is 0. The zero-order valence-corrected chi connectivity index (χ0v) is 9.25. The molecule has 15 heavy (non-hydrogen) atoms. The molecule has 5 heteroatoms. The van der Waals surface area contributed by atoms with Gasteiger partial charge in [0.15, 0.2) is 0 Å². The maximum atomic E-state index is 10.1. The Balaban J connectivity index is 2.91. The average molecular weight is 220 g/mol. The first kappa shape index (κ1) is 12.9. The Morgan fingerprint density at radius 1 is 1.27 bits per heavy atom. The second-order valence-electron chi connectivity index (χ2n) is 5.38. The van der Waals surface area contributed by atoms with Gasteiger partial charge in [0.25, 0.3) is 0 Å². The molecule has 0 amide bonds. The van der Waals surface area contributed by atoms with Crippen LogP contribution in [0.3, 0.4) is 0 Å². The first-order valence-electron chi connectivity index (χ1n) is 5.04. The van der Waals surface area contributed by atoms with Crippen molar-refractivity contribution in [3.63, 3.8) is 0 Å². The van der Waals surface area contributed by atoms with Gasteiger partial charge >= 0.3 is 0 Å². The third-order valence-electron chi connectivity index (χ3n) is 3.26. The Morgan fingerprint density at radius 3 is 2.07 bits per heavy atom. The Morgan fingerprint density at radius 2 is 1.73 bits per heavy atom. The molecule has 5 atom stereocenters. The van der Waals surface area contributed by atoms with Gasteiger partial charge in [-0.25, -0.2) is 0 Å². The summed E-state index contributed by atoms with van der Waals surface area (Å²) in [5.41, 5.74) is -2.46. The smallest absolute Gasteiger partial charge is 0.127 e. The lowest BCUT2D eigenvalue weighted by Crippen LogP contribution is -2.77. The predicted octanol–water partition coefficient (Wildman–Crippen LogP) is -1.53. The Labute approximate surface area is 89.0 Å². The van der Waals surface area contributed by atoms with Gasteiger partial charge in [0.1, 0.15) is 11.7 Å². The molecule has 90 valence electrons. The maximum Gasteiger partial charge on any atom is 0.127 e. The highest BCUT2D eigenvalue weighted by Crippen LogP contribution is 2.46.